The summed E-state index contributed by atoms with van der Waals surface area (Å²) in [6, 6.07) is 5.49. The summed E-state index contributed by atoms with van der Waals surface area (Å²) in [5, 5.41) is 12.2. The van der Waals surface area contributed by atoms with E-state index in [4.69, 9.17) is 10.4 Å². The molecule has 0 saturated heterocycles. The first kappa shape index (κ1) is 14.9. The lowest BCUT2D eigenvalue weighted by Gasteiger charge is -2.05. The summed E-state index contributed by atoms with van der Waals surface area (Å²) in [4.78, 5) is 0.921. The second kappa shape index (κ2) is 5.65. The molecule has 3 heterocycles. The molecule has 0 atom stereocenters. The number of halogens is 3. The average Bonchev–Trinajstić information content (AvgIpc) is 3.16. The first-order valence-electron chi connectivity index (χ1n) is 5.85. The molecule has 0 aromatic carbocycles. The Morgan fingerprint density at radius 2 is 2.18 bits per heavy atom. The van der Waals surface area contributed by atoms with Crippen molar-refractivity contribution < 1.29 is 17.7 Å². The summed E-state index contributed by atoms with van der Waals surface area (Å²) in [6.45, 7) is 0. The van der Waals surface area contributed by atoms with Gasteiger partial charge in [0, 0.05) is 11.8 Å². The number of alkyl halides is 3. The van der Waals surface area contributed by atoms with E-state index in [1.54, 1.807) is 6.07 Å². The lowest BCUT2D eigenvalue weighted by molar-refractivity contribution is -0.146. The number of hydrogen-bond donors (Lipinski definition) is 1. The van der Waals surface area contributed by atoms with E-state index in [1.807, 2.05) is 17.5 Å². The van der Waals surface area contributed by atoms with Crippen molar-refractivity contribution in [2.24, 2.45) is 0 Å². The maximum absolute atomic E-state index is 12.5. The molecule has 0 unspecified atom stereocenters. The Hall–Kier alpha value is -2.01. The number of nitrogens with two attached hydrogens (primary N) is 1. The molecule has 0 saturated carbocycles. The summed E-state index contributed by atoms with van der Waals surface area (Å²) >= 11 is 2.49. The van der Waals surface area contributed by atoms with Crippen LogP contribution in [-0.2, 0) is 11.9 Å². The molecule has 6 nitrogen and oxygen atoms in total. The number of thiophene rings is 1. The Balaban J connectivity index is 1.70. The third-order valence-corrected chi connectivity index (χ3v) is 4.45. The second-order valence-corrected chi connectivity index (χ2v) is 6.01. The van der Waals surface area contributed by atoms with E-state index in [1.165, 1.54) is 11.3 Å². The summed E-state index contributed by atoms with van der Waals surface area (Å²) < 4.78 is 43.2. The zero-order valence-electron chi connectivity index (χ0n) is 10.7. The third-order valence-electron chi connectivity index (χ3n) is 2.59. The van der Waals surface area contributed by atoms with Gasteiger partial charge in [-0.05, 0) is 11.4 Å². The molecular formula is C11H8F3N5OS2. The van der Waals surface area contributed by atoms with Crippen molar-refractivity contribution in [2.45, 2.75) is 17.1 Å². The highest BCUT2D eigenvalue weighted by Gasteiger charge is 2.38. The lowest BCUT2D eigenvalue weighted by Crippen LogP contribution is -2.21. The van der Waals surface area contributed by atoms with Crippen LogP contribution in [0.2, 0.25) is 0 Å². The Kier molecular flexibility index (Phi) is 3.83. The Morgan fingerprint density at radius 1 is 1.36 bits per heavy atom. The van der Waals surface area contributed by atoms with Crippen LogP contribution in [0.5, 0.6) is 0 Å². The number of rotatable bonds is 4. The van der Waals surface area contributed by atoms with Gasteiger partial charge in [0.15, 0.2) is 5.76 Å². The predicted octanol–water partition coefficient (Wildman–Crippen LogP) is 3.02. The number of hydrogen-bond acceptors (Lipinski definition) is 7. The van der Waals surface area contributed by atoms with E-state index >= 15 is 0 Å². The molecule has 0 aliphatic rings. The lowest BCUT2D eigenvalue weighted by atomic mass is 10.3. The van der Waals surface area contributed by atoms with E-state index in [9.17, 15) is 13.2 Å². The standard InChI is InChI=1S/C11H8F3N5OS2/c12-11(13,14)9-16-17-10(19(9)15)22-5-6-4-7(20-18-6)8-2-1-3-21-8/h1-4H,5,15H2. The number of nitrogens with zero attached hydrogens (tertiary/aromatic N) is 4. The fourth-order valence-corrected chi connectivity index (χ4v) is 3.03. The minimum Gasteiger partial charge on any atom is -0.355 e. The van der Waals surface area contributed by atoms with Crippen molar-refractivity contribution >= 4 is 23.1 Å². The zero-order chi connectivity index (χ0) is 15.7. The number of thioether (sulfide) groups is 1. The molecule has 0 radical (unpaired) electrons. The Labute approximate surface area is 130 Å². The molecule has 0 fully saturated rings. The highest BCUT2D eigenvalue weighted by Crippen LogP contribution is 2.30. The quantitative estimate of drug-likeness (QED) is 0.577. The normalized spacial score (nSPS) is 12.0. The Morgan fingerprint density at radius 3 is 2.82 bits per heavy atom. The molecule has 3 aromatic rings. The van der Waals surface area contributed by atoms with Gasteiger partial charge in [0.05, 0.1) is 10.6 Å². The molecular weight excluding hydrogens is 339 g/mol. The van der Waals surface area contributed by atoms with Crippen LogP contribution in [0.15, 0.2) is 33.3 Å². The van der Waals surface area contributed by atoms with Crippen LogP contribution < -0.4 is 5.84 Å². The van der Waals surface area contributed by atoms with Crippen molar-refractivity contribution in [2.75, 3.05) is 5.84 Å². The topological polar surface area (TPSA) is 82.8 Å². The average molecular weight is 347 g/mol. The van der Waals surface area contributed by atoms with Gasteiger partial charge in [-0.15, -0.1) is 21.5 Å². The first-order valence-corrected chi connectivity index (χ1v) is 7.71. The van der Waals surface area contributed by atoms with Crippen LogP contribution in [0.1, 0.15) is 11.5 Å². The molecule has 3 aromatic heterocycles. The van der Waals surface area contributed by atoms with Crippen molar-refractivity contribution in [1.29, 1.82) is 0 Å². The maximum atomic E-state index is 12.5. The van der Waals surface area contributed by atoms with Gasteiger partial charge in [-0.2, -0.15) is 13.2 Å². The van der Waals surface area contributed by atoms with Crippen molar-refractivity contribution in [3.8, 4) is 10.6 Å². The van der Waals surface area contributed by atoms with Crippen LogP contribution in [0, 0.1) is 0 Å². The largest absolute Gasteiger partial charge is 0.453 e. The smallest absolute Gasteiger partial charge is 0.355 e. The van der Waals surface area contributed by atoms with Gasteiger partial charge in [-0.1, -0.05) is 23.0 Å². The van der Waals surface area contributed by atoms with Gasteiger partial charge >= 0.3 is 6.18 Å². The van der Waals surface area contributed by atoms with Gasteiger partial charge in [0.25, 0.3) is 5.82 Å². The van der Waals surface area contributed by atoms with Gasteiger partial charge < -0.3 is 10.4 Å². The first-order chi connectivity index (χ1) is 10.4. The molecule has 11 heteroatoms. The maximum Gasteiger partial charge on any atom is 0.453 e. The highest BCUT2D eigenvalue weighted by atomic mass is 32.2. The van der Waals surface area contributed by atoms with Crippen molar-refractivity contribution in [3.05, 3.63) is 35.1 Å². The molecule has 3 rings (SSSR count). The highest BCUT2D eigenvalue weighted by molar-refractivity contribution is 7.98. The van der Waals surface area contributed by atoms with Crippen LogP contribution >= 0.6 is 23.1 Å². The van der Waals surface area contributed by atoms with Crippen molar-refractivity contribution in [1.82, 2.24) is 20.0 Å². The molecule has 0 aliphatic carbocycles. The molecule has 116 valence electrons. The summed E-state index contributed by atoms with van der Waals surface area (Å²) in [6.07, 6.45) is -4.64. The van der Waals surface area contributed by atoms with E-state index < -0.39 is 12.0 Å². The van der Waals surface area contributed by atoms with Crippen molar-refractivity contribution in [3.63, 3.8) is 0 Å². The van der Waals surface area contributed by atoms with E-state index in [-0.39, 0.29) is 10.9 Å². The summed E-state index contributed by atoms with van der Waals surface area (Å²) in [5.74, 6) is 4.98. The number of aromatic nitrogens is 4. The minimum atomic E-state index is -4.64. The van der Waals surface area contributed by atoms with Crippen LogP contribution in [0.3, 0.4) is 0 Å². The van der Waals surface area contributed by atoms with Crippen LogP contribution in [0.25, 0.3) is 10.6 Å². The molecule has 0 spiro atoms. The molecule has 0 bridgehead atoms. The molecule has 22 heavy (non-hydrogen) atoms. The Bertz CT molecular complexity index is 765. The van der Waals surface area contributed by atoms with Crippen LogP contribution in [-0.4, -0.2) is 20.0 Å². The predicted molar refractivity (Wildman–Crippen MR) is 74.6 cm³/mol. The fourth-order valence-electron chi connectivity index (χ4n) is 1.62. The van der Waals surface area contributed by atoms with E-state index in [0.29, 0.717) is 16.1 Å². The van der Waals surface area contributed by atoms with Crippen LogP contribution in [0.4, 0.5) is 13.2 Å². The molecule has 0 amide bonds. The van der Waals surface area contributed by atoms with Gasteiger partial charge in [0.1, 0.15) is 0 Å². The second-order valence-electron chi connectivity index (χ2n) is 4.12. The van der Waals surface area contributed by atoms with Gasteiger partial charge in [0.2, 0.25) is 5.16 Å². The minimum absolute atomic E-state index is 0.0481. The SMILES string of the molecule is Nn1c(SCc2cc(-c3cccs3)on2)nnc1C(F)(F)F. The summed E-state index contributed by atoms with van der Waals surface area (Å²) in [5.41, 5.74) is 0.574. The van der Waals surface area contributed by atoms with E-state index in [0.717, 1.165) is 16.6 Å². The number of nitrogen functional groups attached to an aromatic ring is 1. The third kappa shape index (κ3) is 2.95. The molecule has 2 N–H and O–H groups in total. The monoisotopic (exact) mass is 347 g/mol. The molecule has 0 aliphatic heterocycles. The summed E-state index contributed by atoms with van der Waals surface area (Å²) in [7, 11) is 0. The van der Waals surface area contributed by atoms with Gasteiger partial charge in [-0.25, -0.2) is 4.68 Å². The van der Waals surface area contributed by atoms with Gasteiger partial charge in [-0.3, -0.25) is 0 Å². The fraction of sp³-hybridized carbons (Fsp3) is 0.182. The van der Waals surface area contributed by atoms with E-state index in [2.05, 4.69) is 15.4 Å². The zero-order valence-corrected chi connectivity index (χ0v) is 12.4.